The zero-order valence-corrected chi connectivity index (χ0v) is 41.8. The summed E-state index contributed by atoms with van der Waals surface area (Å²) in [5, 5.41) is 12.6. The van der Waals surface area contributed by atoms with Gasteiger partial charge in [0.25, 0.3) is 0 Å². The third kappa shape index (κ3) is 11.6. The van der Waals surface area contributed by atoms with Crippen molar-refractivity contribution in [1.82, 2.24) is 20.4 Å². The van der Waals surface area contributed by atoms with Gasteiger partial charge >= 0.3 is 12.2 Å². The second-order valence-corrected chi connectivity index (χ2v) is 23.6. The Kier molecular flexibility index (Phi) is 17.3. The summed E-state index contributed by atoms with van der Waals surface area (Å²) in [4.78, 5) is 84.5. The average molecular weight is 956 g/mol. The van der Waals surface area contributed by atoms with Crippen molar-refractivity contribution >= 4 is 66.1 Å². The Morgan fingerprint density at radius 2 is 1.00 bits per heavy atom. The molecule has 17 nitrogen and oxygen atoms in total. The Hall–Kier alpha value is -5.98. The van der Waals surface area contributed by atoms with Crippen LogP contribution in [-0.4, -0.2) is 132 Å². The molecule has 368 valence electrons. The molecule has 3 aliphatic rings. The van der Waals surface area contributed by atoms with Crippen LogP contribution < -0.4 is 31.4 Å². The van der Waals surface area contributed by atoms with Gasteiger partial charge in [-0.1, -0.05) is 67.6 Å². The van der Waals surface area contributed by atoms with E-state index in [0.717, 1.165) is 35.7 Å². The predicted molar refractivity (Wildman–Crippen MR) is 262 cm³/mol. The van der Waals surface area contributed by atoms with Crippen LogP contribution in [0.2, 0.25) is 19.1 Å². The molecular weight excluding hydrogens is 887 g/mol. The summed E-state index contributed by atoms with van der Waals surface area (Å²) in [5.74, 6) is -1.44. The van der Waals surface area contributed by atoms with Crippen LogP contribution in [-0.2, 0) is 38.1 Å². The van der Waals surface area contributed by atoms with E-state index >= 15 is 0 Å². The van der Waals surface area contributed by atoms with Gasteiger partial charge in [0.1, 0.15) is 24.2 Å². The van der Waals surface area contributed by atoms with Gasteiger partial charge in [0.15, 0.2) is 0 Å². The Bertz CT molecular complexity index is 2120. The van der Waals surface area contributed by atoms with Crippen LogP contribution in [0, 0.1) is 0 Å². The monoisotopic (exact) mass is 955 g/mol. The Morgan fingerprint density at radius 3 is 1.35 bits per heavy atom. The molecule has 3 saturated heterocycles. The molecule has 3 fully saturated rings. The van der Waals surface area contributed by atoms with E-state index in [1.807, 2.05) is 48.5 Å². The molecular formula is C50H69N7O10Si. The van der Waals surface area contributed by atoms with Crippen molar-refractivity contribution in [3.63, 3.8) is 0 Å². The maximum Gasteiger partial charge on any atom is 0.407 e. The maximum absolute atomic E-state index is 13.7. The minimum atomic E-state index is -1.59. The SMILES string of the molecule is CC[Si](C)(C)c1ccc(N2[C@H](c3ccc(NC(=O)[C@@H]4CCCN4C(=O)[C@@H](NC(=O)OC)[C@@H](C)OC)cc3)CC[C@H]2c2ccc(NC(=O)[C@@H]3CCCN3C(=O)[C@@H](NC(=O)OC)[C@@H](C)OC)cc2)cc1. The van der Waals surface area contributed by atoms with E-state index in [9.17, 15) is 28.8 Å². The molecule has 0 aromatic heterocycles. The number of amides is 6. The van der Waals surface area contributed by atoms with Crippen LogP contribution in [0.1, 0.15) is 82.5 Å². The first-order chi connectivity index (χ1) is 32.5. The molecule has 68 heavy (non-hydrogen) atoms. The molecule has 0 aliphatic carbocycles. The molecule has 0 saturated carbocycles. The summed E-state index contributed by atoms with van der Waals surface area (Å²) in [6.45, 7) is 11.1. The number of ether oxygens (including phenoxy) is 4. The predicted octanol–water partition coefficient (Wildman–Crippen LogP) is 6.08. The lowest BCUT2D eigenvalue weighted by atomic mass is 10.0. The normalized spacial score (nSPS) is 21.0. The van der Waals surface area contributed by atoms with Crippen molar-refractivity contribution in [3.05, 3.63) is 83.9 Å². The van der Waals surface area contributed by atoms with Gasteiger partial charge in [-0.15, -0.1) is 0 Å². The number of nitrogens with zero attached hydrogens (tertiary/aromatic N) is 3. The zero-order chi connectivity index (χ0) is 49.3. The summed E-state index contributed by atoms with van der Waals surface area (Å²) in [6, 6.07) is 22.5. The lowest BCUT2D eigenvalue weighted by Crippen LogP contribution is -2.56. The molecule has 6 amide bonds. The standard InChI is InChI=1S/C50H69N7O10Si/c1-10-68(8,9)38-25-23-37(24-26-38)57-39(33-15-19-35(20-16-33)51-45(58)41-13-11-29-55(41)47(60)43(31(2)64-4)53-49(62)66-6)27-28-40(57)34-17-21-36(22-18-34)52-46(59)42-14-12-30-56(42)48(61)44(32(3)65-5)54-50(63)67-7/h15-26,31-32,39-44H,10-14,27-30H2,1-9H3,(H,51,58)(H,52,59)(H,53,62)(H,54,63)/t31-,32-,39+,40+,41+,42+,43+,44+/m1/s1. The quantitative estimate of drug-likeness (QED) is 0.115. The molecule has 3 aromatic carbocycles. The van der Waals surface area contributed by atoms with Gasteiger partial charge in [0.2, 0.25) is 23.6 Å². The lowest BCUT2D eigenvalue weighted by molar-refractivity contribution is -0.141. The number of rotatable bonds is 17. The van der Waals surface area contributed by atoms with E-state index in [1.165, 1.54) is 43.4 Å². The average Bonchev–Trinajstić information content (AvgIpc) is 4.16. The highest BCUT2D eigenvalue weighted by Gasteiger charge is 2.42. The first-order valence-electron chi connectivity index (χ1n) is 23.6. The topological polar surface area (TPSA) is 197 Å². The van der Waals surface area contributed by atoms with Gasteiger partial charge in [-0.25, -0.2) is 9.59 Å². The number of likely N-dealkylation sites (tertiary alicyclic amines) is 2. The highest BCUT2D eigenvalue weighted by Crippen LogP contribution is 2.47. The molecule has 0 radical (unpaired) electrons. The molecule has 3 aliphatic heterocycles. The van der Waals surface area contributed by atoms with Crippen molar-refractivity contribution in [3.8, 4) is 0 Å². The third-order valence-corrected chi connectivity index (χ3v) is 17.8. The highest BCUT2D eigenvalue weighted by atomic mass is 28.3. The zero-order valence-electron chi connectivity index (χ0n) is 40.8. The molecule has 0 spiro atoms. The molecule has 18 heteroatoms. The van der Waals surface area contributed by atoms with Crippen molar-refractivity contribution in [2.24, 2.45) is 0 Å². The van der Waals surface area contributed by atoms with Gasteiger partial charge in [0, 0.05) is 44.4 Å². The Balaban J connectivity index is 1.18. The molecule has 3 aromatic rings. The molecule has 0 bridgehead atoms. The van der Waals surface area contributed by atoms with Gasteiger partial charge < -0.3 is 54.9 Å². The minimum Gasteiger partial charge on any atom is -0.453 e. The van der Waals surface area contributed by atoms with Gasteiger partial charge in [0.05, 0.1) is 46.6 Å². The number of hydrogen-bond donors (Lipinski definition) is 4. The van der Waals surface area contributed by atoms with Gasteiger partial charge in [-0.05, 0) is 99.9 Å². The third-order valence-electron chi connectivity index (χ3n) is 14.2. The fraction of sp³-hybridized carbons (Fsp3) is 0.520. The van der Waals surface area contributed by atoms with Crippen LogP contribution in [0.4, 0.5) is 26.7 Å². The number of anilines is 3. The van der Waals surface area contributed by atoms with Crippen molar-refractivity contribution in [2.75, 3.05) is 57.1 Å². The molecule has 3 heterocycles. The summed E-state index contributed by atoms with van der Waals surface area (Å²) < 4.78 is 20.2. The van der Waals surface area contributed by atoms with E-state index in [-0.39, 0.29) is 23.9 Å². The van der Waals surface area contributed by atoms with Crippen LogP contribution in [0.3, 0.4) is 0 Å². The first-order valence-corrected chi connectivity index (χ1v) is 26.8. The fourth-order valence-electron chi connectivity index (χ4n) is 9.51. The maximum atomic E-state index is 13.7. The number of carbonyl (C=O) groups excluding carboxylic acids is 6. The van der Waals surface area contributed by atoms with Crippen LogP contribution in [0.15, 0.2) is 72.8 Å². The minimum absolute atomic E-state index is 0.0144. The van der Waals surface area contributed by atoms with Crippen LogP contribution >= 0.6 is 0 Å². The molecule has 6 rings (SSSR count). The summed E-state index contributed by atoms with van der Waals surface area (Å²) in [5.41, 5.74) is 4.48. The van der Waals surface area contributed by atoms with E-state index in [2.05, 4.69) is 70.5 Å². The lowest BCUT2D eigenvalue weighted by Gasteiger charge is -2.34. The van der Waals surface area contributed by atoms with E-state index in [1.54, 1.807) is 13.8 Å². The first kappa shape index (κ1) is 51.4. The molecule has 4 N–H and O–H groups in total. The smallest absolute Gasteiger partial charge is 0.407 e. The van der Waals surface area contributed by atoms with E-state index in [0.29, 0.717) is 50.1 Å². The highest BCUT2D eigenvalue weighted by molar-refractivity contribution is 6.89. The second kappa shape index (κ2) is 22.9. The number of hydrogen-bond acceptors (Lipinski definition) is 11. The van der Waals surface area contributed by atoms with Gasteiger partial charge in [-0.3, -0.25) is 19.2 Å². The Morgan fingerprint density at radius 1 is 0.603 bits per heavy atom. The number of methoxy groups -OCH3 is 4. The fourth-order valence-corrected chi connectivity index (χ4v) is 11.0. The van der Waals surface area contributed by atoms with Crippen molar-refractivity contribution in [2.45, 2.75) is 127 Å². The van der Waals surface area contributed by atoms with Crippen LogP contribution in [0.25, 0.3) is 0 Å². The number of benzene rings is 3. The van der Waals surface area contributed by atoms with Gasteiger partial charge in [-0.2, -0.15) is 0 Å². The van der Waals surface area contributed by atoms with E-state index < -0.39 is 68.5 Å². The Labute approximate surface area is 400 Å². The number of carbonyl (C=O) groups is 6. The number of nitrogens with one attached hydrogen (secondary N) is 4. The van der Waals surface area contributed by atoms with Crippen LogP contribution in [0.5, 0.6) is 0 Å². The van der Waals surface area contributed by atoms with Crippen molar-refractivity contribution in [1.29, 1.82) is 0 Å². The molecule has 0 unspecified atom stereocenters. The summed E-state index contributed by atoms with van der Waals surface area (Å²) >= 11 is 0. The number of alkyl carbamates (subject to hydrolysis) is 2. The largest absolute Gasteiger partial charge is 0.453 e. The summed E-state index contributed by atoms with van der Waals surface area (Å²) in [6.07, 6.45) is 1.15. The van der Waals surface area contributed by atoms with Crippen molar-refractivity contribution < 1.29 is 47.7 Å². The summed E-state index contributed by atoms with van der Waals surface area (Å²) in [7, 11) is 3.76. The molecule has 8 atom stereocenters. The second-order valence-electron chi connectivity index (χ2n) is 18.5. The van der Waals surface area contributed by atoms with E-state index in [4.69, 9.17) is 18.9 Å².